The Morgan fingerprint density at radius 3 is 2.70 bits per heavy atom. The molecule has 2 aromatic rings. The number of ether oxygens (including phenoxy) is 1. The number of thiophene rings is 1. The Balaban J connectivity index is 1.92. The van der Waals surface area contributed by atoms with Crippen molar-refractivity contribution in [1.82, 2.24) is 5.43 Å². The molecule has 0 saturated carbocycles. The molecule has 1 aromatic carbocycles. The lowest BCUT2D eigenvalue weighted by Crippen LogP contribution is -2.17. The zero-order valence-corrected chi connectivity index (χ0v) is 13.2. The topological polar surface area (TPSA) is 50.7 Å². The third-order valence-electron chi connectivity index (χ3n) is 2.38. The Hall–Kier alpha value is -1.66. The van der Waals surface area contributed by atoms with Crippen LogP contribution in [0.25, 0.3) is 0 Å². The second-order valence-corrected chi connectivity index (χ2v) is 6.29. The number of carbonyl (C=O) groups excluding carboxylic acids is 1. The van der Waals surface area contributed by atoms with Crippen molar-refractivity contribution in [1.29, 1.82) is 0 Å². The van der Waals surface area contributed by atoms with Crippen molar-refractivity contribution >= 4 is 39.4 Å². The average molecular weight is 353 g/mol. The molecule has 0 unspecified atom stereocenters. The van der Waals surface area contributed by atoms with Gasteiger partial charge in [-0.25, -0.2) is 5.43 Å². The van der Waals surface area contributed by atoms with Gasteiger partial charge in [0.2, 0.25) is 0 Å². The van der Waals surface area contributed by atoms with E-state index >= 15 is 0 Å². The molecule has 2 rings (SSSR count). The van der Waals surface area contributed by atoms with E-state index < -0.39 is 0 Å². The van der Waals surface area contributed by atoms with E-state index in [2.05, 4.69) is 26.5 Å². The monoisotopic (exact) mass is 352 g/mol. The van der Waals surface area contributed by atoms with Crippen LogP contribution >= 0.6 is 27.3 Å². The summed E-state index contributed by atoms with van der Waals surface area (Å²) in [4.78, 5) is 12.8. The predicted octanol–water partition coefficient (Wildman–Crippen LogP) is 3.67. The van der Waals surface area contributed by atoms with Gasteiger partial charge in [-0.15, -0.1) is 11.3 Å². The van der Waals surface area contributed by atoms with Gasteiger partial charge < -0.3 is 4.74 Å². The van der Waals surface area contributed by atoms with E-state index in [1.54, 1.807) is 41.8 Å². The van der Waals surface area contributed by atoms with Crippen LogP contribution < -0.4 is 10.2 Å². The Kier molecular flexibility index (Phi) is 5.31. The van der Waals surface area contributed by atoms with Crippen LogP contribution in [0.15, 0.2) is 45.3 Å². The second kappa shape index (κ2) is 7.21. The minimum Gasteiger partial charge on any atom is -0.494 e. The summed E-state index contributed by atoms with van der Waals surface area (Å²) in [7, 11) is 0. The van der Waals surface area contributed by atoms with Gasteiger partial charge in [0.25, 0.3) is 5.91 Å². The maximum Gasteiger partial charge on any atom is 0.271 e. The predicted molar refractivity (Wildman–Crippen MR) is 84.7 cm³/mol. The summed E-state index contributed by atoms with van der Waals surface area (Å²) in [5.74, 6) is 0.496. The molecule has 0 fully saturated rings. The molecule has 1 N–H and O–H groups in total. The lowest BCUT2D eigenvalue weighted by atomic mass is 10.2. The molecular weight excluding hydrogens is 340 g/mol. The van der Waals surface area contributed by atoms with E-state index in [1.165, 1.54) is 0 Å². The maximum absolute atomic E-state index is 11.8. The quantitative estimate of drug-likeness (QED) is 0.659. The number of rotatable bonds is 5. The number of carbonyl (C=O) groups is 1. The van der Waals surface area contributed by atoms with E-state index in [-0.39, 0.29) is 5.91 Å². The summed E-state index contributed by atoms with van der Waals surface area (Å²) in [6.45, 7) is 2.52. The summed E-state index contributed by atoms with van der Waals surface area (Å²) in [5, 5.41) is 3.92. The van der Waals surface area contributed by atoms with Gasteiger partial charge in [-0.1, -0.05) is 0 Å². The van der Waals surface area contributed by atoms with Gasteiger partial charge in [0, 0.05) is 10.4 Å². The molecule has 0 bridgehead atoms. The van der Waals surface area contributed by atoms with Crippen LogP contribution in [0.4, 0.5) is 0 Å². The van der Waals surface area contributed by atoms with Crippen molar-refractivity contribution in [3.05, 3.63) is 50.6 Å². The Bertz CT molecular complexity index is 608. The fraction of sp³-hybridized carbons (Fsp3) is 0.143. The van der Waals surface area contributed by atoms with E-state index in [0.717, 1.165) is 14.4 Å². The number of benzene rings is 1. The molecule has 0 spiro atoms. The Labute approximate surface area is 129 Å². The fourth-order valence-electron chi connectivity index (χ4n) is 1.49. The molecule has 0 saturated heterocycles. The third-order valence-corrected chi connectivity index (χ3v) is 3.94. The normalized spacial score (nSPS) is 10.7. The first-order valence-electron chi connectivity index (χ1n) is 6.00. The molecule has 20 heavy (non-hydrogen) atoms. The average Bonchev–Trinajstić information content (AvgIpc) is 2.85. The summed E-state index contributed by atoms with van der Waals surface area (Å²) in [6.07, 6.45) is 1.61. The van der Waals surface area contributed by atoms with Crippen LogP contribution in [0.5, 0.6) is 5.75 Å². The minimum absolute atomic E-state index is 0.250. The van der Waals surface area contributed by atoms with Gasteiger partial charge in [-0.2, -0.15) is 5.10 Å². The first-order chi connectivity index (χ1) is 9.69. The van der Waals surface area contributed by atoms with Crippen molar-refractivity contribution in [2.75, 3.05) is 6.61 Å². The summed E-state index contributed by atoms with van der Waals surface area (Å²) < 4.78 is 6.34. The number of amides is 1. The van der Waals surface area contributed by atoms with Crippen molar-refractivity contribution in [3.63, 3.8) is 0 Å². The number of hydrogen-bond donors (Lipinski definition) is 1. The van der Waals surface area contributed by atoms with E-state index in [9.17, 15) is 4.79 Å². The largest absolute Gasteiger partial charge is 0.494 e. The molecule has 0 aliphatic heterocycles. The summed E-state index contributed by atoms with van der Waals surface area (Å²) in [6, 6.07) is 10.8. The molecule has 104 valence electrons. The van der Waals surface area contributed by atoms with Crippen molar-refractivity contribution in [3.8, 4) is 5.75 Å². The van der Waals surface area contributed by atoms with Gasteiger partial charge >= 0.3 is 0 Å². The number of nitrogens with zero attached hydrogens (tertiary/aromatic N) is 1. The van der Waals surface area contributed by atoms with Crippen LogP contribution in [-0.2, 0) is 0 Å². The maximum atomic E-state index is 11.8. The van der Waals surface area contributed by atoms with Crippen LogP contribution in [0, 0.1) is 0 Å². The second-order valence-electron chi connectivity index (χ2n) is 3.80. The van der Waals surface area contributed by atoms with Gasteiger partial charge in [-0.05, 0) is 59.3 Å². The van der Waals surface area contributed by atoms with Crippen LogP contribution in [-0.4, -0.2) is 18.7 Å². The van der Waals surface area contributed by atoms with E-state index in [0.29, 0.717) is 12.2 Å². The van der Waals surface area contributed by atoms with Crippen molar-refractivity contribution in [2.24, 2.45) is 5.10 Å². The zero-order chi connectivity index (χ0) is 14.4. The minimum atomic E-state index is -0.250. The molecule has 0 atom stereocenters. The van der Waals surface area contributed by atoms with Gasteiger partial charge in [0.05, 0.1) is 16.6 Å². The fourth-order valence-corrected chi connectivity index (χ4v) is 2.78. The zero-order valence-electron chi connectivity index (χ0n) is 10.8. The molecular formula is C14H13BrN2O2S. The van der Waals surface area contributed by atoms with Crippen molar-refractivity contribution in [2.45, 2.75) is 6.92 Å². The number of halogens is 1. The first-order valence-corrected chi connectivity index (χ1v) is 7.61. The van der Waals surface area contributed by atoms with Gasteiger partial charge in [0.1, 0.15) is 5.75 Å². The standard InChI is InChI=1S/C14H13BrN2O2S/c1-2-19-11-5-3-10(4-6-11)14(18)17-16-9-12-7-8-13(15)20-12/h3-9H,2H2,1H3,(H,17,18). The molecule has 1 amide bonds. The highest BCUT2D eigenvalue weighted by molar-refractivity contribution is 9.11. The lowest BCUT2D eigenvalue weighted by molar-refractivity contribution is 0.0955. The third kappa shape index (κ3) is 4.18. The molecule has 0 aliphatic carbocycles. The molecule has 0 aliphatic rings. The highest BCUT2D eigenvalue weighted by Gasteiger charge is 2.04. The lowest BCUT2D eigenvalue weighted by Gasteiger charge is -2.03. The number of nitrogens with one attached hydrogen (secondary N) is 1. The van der Waals surface area contributed by atoms with Crippen LogP contribution in [0.1, 0.15) is 22.2 Å². The van der Waals surface area contributed by atoms with E-state index in [4.69, 9.17) is 4.74 Å². The van der Waals surface area contributed by atoms with Crippen LogP contribution in [0.2, 0.25) is 0 Å². The van der Waals surface area contributed by atoms with Gasteiger partial charge in [0.15, 0.2) is 0 Å². The summed E-state index contributed by atoms with van der Waals surface area (Å²) >= 11 is 4.91. The van der Waals surface area contributed by atoms with Gasteiger partial charge in [-0.3, -0.25) is 4.79 Å². The molecule has 1 heterocycles. The SMILES string of the molecule is CCOc1ccc(C(=O)NN=Cc2ccc(Br)s2)cc1. The highest BCUT2D eigenvalue weighted by atomic mass is 79.9. The number of hydrazone groups is 1. The Morgan fingerprint density at radius 2 is 2.10 bits per heavy atom. The Morgan fingerprint density at radius 1 is 1.35 bits per heavy atom. The molecule has 1 aromatic heterocycles. The molecule has 4 nitrogen and oxygen atoms in total. The first kappa shape index (κ1) is 14.7. The van der Waals surface area contributed by atoms with E-state index in [1.807, 2.05) is 19.1 Å². The molecule has 0 radical (unpaired) electrons. The summed E-state index contributed by atoms with van der Waals surface area (Å²) in [5.41, 5.74) is 3.03. The van der Waals surface area contributed by atoms with Crippen molar-refractivity contribution < 1.29 is 9.53 Å². The highest BCUT2D eigenvalue weighted by Crippen LogP contribution is 2.20. The van der Waals surface area contributed by atoms with Crippen LogP contribution in [0.3, 0.4) is 0 Å². The molecule has 6 heteroatoms. The smallest absolute Gasteiger partial charge is 0.271 e. The number of hydrogen-bond acceptors (Lipinski definition) is 4.